The lowest BCUT2D eigenvalue weighted by molar-refractivity contribution is -0.121. The van der Waals surface area contributed by atoms with Crippen LogP contribution < -0.4 is 10.2 Å². The van der Waals surface area contributed by atoms with Crippen LogP contribution in [0.1, 0.15) is 21.5 Å². The molecular formula is C20H23N3O6S. The highest BCUT2D eigenvalue weighted by Crippen LogP contribution is 2.27. The number of esters is 1. The van der Waals surface area contributed by atoms with Crippen molar-refractivity contribution in [1.29, 1.82) is 0 Å². The van der Waals surface area contributed by atoms with Crippen molar-refractivity contribution in [3.63, 3.8) is 0 Å². The van der Waals surface area contributed by atoms with E-state index in [9.17, 15) is 18.0 Å². The molecule has 30 heavy (non-hydrogen) atoms. The minimum atomic E-state index is -3.94. The number of carbonyl (C=O) groups excluding carboxylic acids is 2. The summed E-state index contributed by atoms with van der Waals surface area (Å²) in [4.78, 5) is 23.5. The second-order valence-corrected chi connectivity index (χ2v) is 8.34. The van der Waals surface area contributed by atoms with Crippen molar-refractivity contribution in [2.24, 2.45) is 5.10 Å². The first-order valence-corrected chi connectivity index (χ1v) is 10.2. The lowest BCUT2D eigenvalue weighted by atomic mass is 10.1. The Kier molecular flexibility index (Phi) is 7.67. The molecule has 2 aromatic carbocycles. The SMILES string of the molecule is COC(=O)c1ccc(/C=N\NC(=O)CN(C)S(=O)(=O)c2cc(C)ccc2OC)cc1. The van der Waals surface area contributed by atoms with Crippen molar-refractivity contribution < 1.29 is 27.5 Å². The van der Waals surface area contributed by atoms with E-state index in [4.69, 9.17) is 4.74 Å². The standard InChI is InChI=1S/C20H23N3O6S/c1-14-5-10-17(28-3)18(11-14)30(26,27)23(2)13-19(24)22-21-12-15-6-8-16(9-7-15)20(25)29-4/h5-12H,13H2,1-4H3,(H,22,24)/b21-12-. The molecule has 0 unspecified atom stereocenters. The molecule has 160 valence electrons. The van der Waals surface area contributed by atoms with E-state index in [2.05, 4.69) is 15.3 Å². The van der Waals surface area contributed by atoms with Gasteiger partial charge in [0, 0.05) is 7.05 Å². The summed E-state index contributed by atoms with van der Waals surface area (Å²) in [5.74, 6) is -0.877. The molecule has 0 bridgehead atoms. The largest absolute Gasteiger partial charge is 0.495 e. The topological polar surface area (TPSA) is 114 Å². The van der Waals surface area contributed by atoms with Gasteiger partial charge in [0.2, 0.25) is 10.0 Å². The molecule has 0 aliphatic carbocycles. The number of nitrogens with one attached hydrogen (secondary N) is 1. The number of amides is 1. The van der Waals surface area contributed by atoms with Crippen molar-refractivity contribution in [2.75, 3.05) is 27.8 Å². The van der Waals surface area contributed by atoms with E-state index in [-0.39, 0.29) is 10.6 Å². The van der Waals surface area contributed by atoms with E-state index in [1.165, 1.54) is 33.5 Å². The number of nitrogens with zero attached hydrogens (tertiary/aromatic N) is 2. The quantitative estimate of drug-likeness (QED) is 0.384. The minimum absolute atomic E-state index is 0.0190. The Hall–Kier alpha value is -3.24. The summed E-state index contributed by atoms with van der Waals surface area (Å²) >= 11 is 0. The maximum absolute atomic E-state index is 12.8. The molecule has 0 aliphatic heterocycles. The van der Waals surface area contributed by atoms with Gasteiger partial charge in [-0.15, -0.1) is 0 Å². The molecule has 0 aliphatic rings. The van der Waals surface area contributed by atoms with Crippen molar-refractivity contribution >= 4 is 28.1 Å². The van der Waals surface area contributed by atoms with Crippen LogP contribution >= 0.6 is 0 Å². The molecule has 1 amide bonds. The fourth-order valence-corrected chi connectivity index (χ4v) is 3.84. The average molecular weight is 433 g/mol. The summed E-state index contributed by atoms with van der Waals surface area (Å²) in [6, 6.07) is 11.2. The number of likely N-dealkylation sites (N-methyl/N-ethyl adjacent to an activating group) is 1. The summed E-state index contributed by atoms with van der Waals surface area (Å²) in [6.45, 7) is 1.33. The second-order valence-electron chi connectivity index (χ2n) is 6.32. The van der Waals surface area contributed by atoms with Crippen LogP contribution in [0.25, 0.3) is 0 Å². The van der Waals surface area contributed by atoms with Crippen LogP contribution in [0.5, 0.6) is 5.75 Å². The number of hydrogen-bond acceptors (Lipinski definition) is 7. The number of hydrogen-bond donors (Lipinski definition) is 1. The van der Waals surface area contributed by atoms with Gasteiger partial charge in [-0.1, -0.05) is 18.2 Å². The van der Waals surface area contributed by atoms with E-state index in [1.807, 2.05) is 0 Å². The fraction of sp³-hybridized carbons (Fsp3) is 0.250. The lowest BCUT2D eigenvalue weighted by Crippen LogP contribution is -2.36. The first-order chi connectivity index (χ1) is 14.2. The maximum atomic E-state index is 12.8. The Labute approximate surface area is 175 Å². The van der Waals surface area contributed by atoms with Crippen LogP contribution in [-0.4, -0.2) is 58.6 Å². The molecule has 0 radical (unpaired) electrons. The predicted octanol–water partition coefficient (Wildman–Crippen LogP) is 1.56. The number of carbonyl (C=O) groups is 2. The number of ether oxygens (including phenoxy) is 2. The number of methoxy groups -OCH3 is 2. The van der Waals surface area contributed by atoms with Crippen LogP contribution in [-0.2, 0) is 19.6 Å². The highest BCUT2D eigenvalue weighted by Gasteiger charge is 2.26. The zero-order valence-electron chi connectivity index (χ0n) is 17.1. The van der Waals surface area contributed by atoms with Gasteiger partial charge in [0.25, 0.3) is 5.91 Å². The predicted molar refractivity (Wildman–Crippen MR) is 111 cm³/mol. The average Bonchev–Trinajstić information content (AvgIpc) is 2.73. The zero-order chi connectivity index (χ0) is 22.3. The van der Waals surface area contributed by atoms with E-state index in [0.717, 1.165) is 9.87 Å². The van der Waals surface area contributed by atoms with Crippen molar-refractivity contribution in [3.8, 4) is 5.75 Å². The molecule has 0 spiro atoms. The van der Waals surface area contributed by atoms with Crippen LogP contribution in [0.4, 0.5) is 0 Å². The zero-order valence-corrected chi connectivity index (χ0v) is 17.9. The summed E-state index contributed by atoms with van der Waals surface area (Å²) in [7, 11) is 0.0264. The molecule has 0 aromatic heterocycles. The normalized spacial score (nSPS) is 11.5. The van der Waals surface area contributed by atoms with E-state index < -0.39 is 28.4 Å². The highest BCUT2D eigenvalue weighted by molar-refractivity contribution is 7.89. The van der Waals surface area contributed by atoms with Gasteiger partial charge in [-0.25, -0.2) is 18.6 Å². The van der Waals surface area contributed by atoms with E-state index in [0.29, 0.717) is 11.1 Å². The van der Waals surface area contributed by atoms with Crippen molar-refractivity contribution in [3.05, 3.63) is 59.2 Å². The molecule has 0 heterocycles. The van der Waals surface area contributed by atoms with Gasteiger partial charge in [-0.2, -0.15) is 9.41 Å². The molecular weight excluding hydrogens is 410 g/mol. The van der Waals surface area contributed by atoms with Gasteiger partial charge in [0.05, 0.1) is 32.5 Å². The third-order valence-electron chi connectivity index (χ3n) is 4.11. The van der Waals surface area contributed by atoms with Crippen LogP contribution in [0, 0.1) is 6.92 Å². The molecule has 0 fully saturated rings. The van der Waals surface area contributed by atoms with Gasteiger partial charge in [-0.05, 0) is 42.3 Å². The van der Waals surface area contributed by atoms with Crippen molar-refractivity contribution in [1.82, 2.24) is 9.73 Å². The lowest BCUT2D eigenvalue weighted by Gasteiger charge is -2.18. The Morgan fingerprint density at radius 2 is 1.80 bits per heavy atom. The van der Waals surface area contributed by atoms with Crippen molar-refractivity contribution in [2.45, 2.75) is 11.8 Å². The second kappa shape index (κ2) is 9.99. The molecule has 10 heteroatoms. The van der Waals surface area contributed by atoms with Crippen LogP contribution in [0.15, 0.2) is 52.5 Å². The maximum Gasteiger partial charge on any atom is 0.337 e. The first kappa shape index (κ1) is 23.0. The molecule has 0 atom stereocenters. The molecule has 2 rings (SSSR count). The third kappa shape index (κ3) is 5.65. The van der Waals surface area contributed by atoms with Gasteiger partial charge < -0.3 is 9.47 Å². The molecule has 1 N–H and O–H groups in total. The van der Waals surface area contributed by atoms with Gasteiger partial charge in [0.1, 0.15) is 10.6 Å². The fourth-order valence-electron chi connectivity index (χ4n) is 2.48. The molecule has 2 aromatic rings. The number of hydrazone groups is 1. The van der Waals surface area contributed by atoms with Gasteiger partial charge >= 0.3 is 5.97 Å². The minimum Gasteiger partial charge on any atom is -0.495 e. The number of sulfonamides is 1. The summed E-state index contributed by atoms with van der Waals surface area (Å²) in [5, 5.41) is 3.81. The van der Waals surface area contributed by atoms with E-state index in [1.54, 1.807) is 43.3 Å². The Balaban J connectivity index is 2.01. The number of aryl methyl sites for hydroxylation is 1. The third-order valence-corrected chi connectivity index (χ3v) is 5.93. The molecule has 0 saturated heterocycles. The van der Waals surface area contributed by atoms with Crippen LogP contribution in [0.3, 0.4) is 0 Å². The summed E-state index contributed by atoms with van der Waals surface area (Å²) in [6.07, 6.45) is 1.37. The monoisotopic (exact) mass is 433 g/mol. The van der Waals surface area contributed by atoms with Crippen LogP contribution in [0.2, 0.25) is 0 Å². The molecule has 9 nitrogen and oxygen atoms in total. The van der Waals surface area contributed by atoms with E-state index >= 15 is 0 Å². The Bertz CT molecular complexity index is 1050. The van der Waals surface area contributed by atoms with Gasteiger partial charge in [0.15, 0.2) is 0 Å². The summed E-state index contributed by atoms with van der Waals surface area (Å²) < 4.78 is 36.3. The first-order valence-electron chi connectivity index (χ1n) is 8.80. The number of benzene rings is 2. The smallest absolute Gasteiger partial charge is 0.337 e. The Morgan fingerprint density at radius 1 is 1.13 bits per heavy atom. The summed E-state index contributed by atoms with van der Waals surface area (Å²) in [5.41, 5.74) is 4.04. The molecule has 0 saturated carbocycles. The van der Waals surface area contributed by atoms with Gasteiger partial charge in [-0.3, -0.25) is 4.79 Å². The Morgan fingerprint density at radius 3 is 2.40 bits per heavy atom. The highest BCUT2D eigenvalue weighted by atomic mass is 32.2. The number of rotatable bonds is 8.